The molecule has 3 rings (SSSR count). The Hall–Kier alpha value is -2.03. The Morgan fingerprint density at radius 3 is 2.53 bits per heavy atom. The second-order valence-electron chi connectivity index (χ2n) is 11.4. The number of rotatable bonds is 3. The minimum Gasteiger partial charge on any atom is -0.458 e. The summed E-state index contributed by atoms with van der Waals surface area (Å²) < 4.78 is 17.4. The number of hydrogen-bond donors (Lipinski definition) is 2. The zero-order valence-corrected chi connectivity index (χ0v) is 22.7. The lowest BCUT2D eigenvalue weighted by Gasteiger charge is -2.34. The molecule has 0 radical (unpaired) electrons. The average Bonchev–Trinajstić information content (AvgIpc) is 3.35. The highest BCUT2D eigenvalue weighted by Crippen LogP contribution is 2.48. The molecule has 0 aromatic carbocycles. The minimum absolute atomic E-state index is 0.0478. The number of hydrogen-bond acceptors (Lipinski definition) is 8. The molecule has 0 unspecified atom stereocenters. The van der Waals surface area contributed by atoms with E-state index < -0.39 is 35.6 Å². The molecule has 8 nitrogen and oxygen atoms in total. The molecule has 1 aromatic rings. The van der Waals surface area contributed by atoms with Crippen LogP contribution in [0.25, 0.3) is 6.08 Å². The normalized spacial score (nSPS) is 36.8. The molecule has 8 heteroatoms. The number of ether oxygens (including phenoxy) is 2. The van der Waals surface area contributed by atoms with Crippen LogP contribution in [-0.2, 0) is 19.1 Å². The Morgan fingerprint density at radius 2 is 1.92 bits per heavy atom. The second-order valence-corrected chi connectivity index (χ2v) is 11.4. The van der Waals surface area contributed by atoms with Gasteiger partial charge in [-0.3, -0.25) is 9.59 Å². The second kappa shape index (κ2) is 11.2. The molecule has 36 heavy (non-hydrogen) atoms. The highest BCUT2D eigenvalue weighted by Gasteiger charge is 2.56. The van der Waals surface area contributed by atoms with Gasteiger partial charge in [-0.05, 0) is 43.8 Å². The number of epoxide rings is 1. The van der Waals surface area contributed by atoms with Crippen molar-refractivity contribution in [1.82, 2.24) is 4.98 Å². The van der Waals surface area contributed by atoms with Gasteiger partial charge in [0.25, 0.3) is 0 Å². The number of carbonyl (C=O) groups excluding carboxylic acids is 2. The number of fused-ring (bicyclic) bond motifs is 1. The first-order valence-corrected chi connectivity index (χ1v) is 13.2. The van der Waals surface area contributed by atoms with E-state index in [1.54, 1.807) is 34.0 Å². The first-order chi connectivity index (χ1) is 16.8. The van der Waals surface area contributed by atoms with Crippen molar-refractivity contribution in [1.29, 1.82) is 0 Å². The van der Waals surface area contributed by atoms with Crippen LogP contribution in [0.2, 0.25) is 0 Å². The quantitative estimate of drug-likeness (QED) is 0.458. The molecule has 0 amide bonds. The number of nitrogens with zero attached hydrogens (tertiary/aromatic N) is 1. The van der Waals surface area contributed by atoms with Crippen molar-refractivity contribution >= 4 is 17.8 Å². The lowest BCUT2D eigenvalue weighted by atomic mass is 9.73. The van der Waals surface area contributed by atoms with Crippen molar-refractivity contribution in [2.24, 2.45) is 17.3 Å². The molecule has 7 atom stereocenters. The number of aryl methyl sites for hydroxylation is 1. The summed E-state index contributed by atoms with van der Waals surface area (Å²) in [5, 5.41) is 21.8. The van der Waals surface area contributed by atoms with Crippen LogP contribution in [0, 0.1) is 24.2 Å². The number of Topliss-reactive ketones (excluding diaryl/α,β-unsaturated/α-hetero) is 1. The summed E-state index contributed by atoms with van der Waals surface area (Å²) in [6, 6.07) is 0. The lowest BCUT2D eigenvalue weighted by molar-refractivity contribution is -0.154. The maximum atomic E-state index is 13.2. The molecule has 0 bridgehead atoms. The number of aliphatic hydroxyl groups excluding tert-OH is 2. The molecule has 2 saturated heterocycles. The van der Waals surface area contributed by atoms with Crippen molar-refractivity contribution in [3.8, 4) is 0 Å². The van der Waals surface area contributed by atoms with Crippen LogP contribution in [0.1, 0.15) is 91.7 Å². The molecule has 202 valence electrons. The van der Waals surface area contributed by atoms with Crippen LogP contribution in [0.3, 0.4) is 0 Å². The Morgan fingerprint density at radius 1 is 1.22 bits per heavy atom. The molecule has 2 aliphatic rings. The van der Waals surface area contributed by atoms with E-state index in [4.69, 9.17) is 13.9 Å². The van der Waals surface area contributed by atoms with Gasteiger partial charge < -0.3 is 24.1 Å². The van der Waals surface area contributed by atoms with Crippen molar-refractivity contribution in [3.63, 3.8) is 0 Å². The van der Waals surface area contributed by atoms with E-state index in [-0.39, 0.29) is 29.8 Å². The van der Waals surface area contributed by atoms with Crippen LogP contribution in [0.4, 0.5) is 0 Å². The zero-order chi connectivity index (χ0) is 26.8. The molecule has 0 spiro atoms. The van der Waals surface area contributed by atoms with Gasteiger partial charge in [0.05, 0.1) is 35.7 Å². The molecule has 2 fully saturated rings. The average molecular weight is 506 g/mol. The van der Waals surface area contributed by atoms with Gasteiger partial charge in [-0.15, -0.1) is 0 Å². The van der Waals surface area contributed by atoms with Crippen molar-refractivity contribution in [3.05, 3.63) is 23.4 Å². The van der Waals surface area contributed by atoms with E-state index in [2.05, 4.69) is 11.9 Å². The van der Waals surface area contributed by atoms with Gasteiger partial charge in [0.1, 0.15) is 23.8 Å². The minimum atomic E-state index is -1.25. The summed E-state index contributed by atoms with van der Waals surface area (Å²) in [5.41, 5.74) is -0.167. The third-order valence-corrected chi connectivity index (χ3v) is 8.29. The maximum absolute atomic E-state index is 13.2. The fraction of sp³-hybridized carbons (Fsp3) is 0.750. The molecule has 1 aromatic heterocycles. The van der Waals surface area contributed by atoms with E-state index in [1.165, 1.54) is 0 Å². The van der Waals surface area contributed by atoms with E-state index in [0.29, 0.717) is 18.0 Å². The van der Waals surface area contributed by atoms with E-state index in [9.17, 15) is 19.8 Å². The molecule has 2 N–H and O–H groups in total. The number of aromatic nitrogens is 1. The SMILES string of the molecule is CC[C@@]12C[C@@H](C(C)=Cc3coc(C)n3)OC(=O)C[C@H](O)C(C)(C)C(=O)[C@H](C)[C@@H](O)[C@@H](C)CCC[C@@H]1O2. The highest BCUT2D eigenvalue weighted by molar-refractivity contribution is 5.88. The molecular weight excluding hydrogens is 462 g/mol. The van der Waals surface area contributed by atoms with Gasteiger partial charge in [0.15, 0.2) is 5.89 Å². The Labute approximate surface area is 214 Å². The monoisotopic (exact) mass is 505 g/mol. The number of oxazole rings is 1. The summed E-state index contributed by atoms with van der Waals surface area (Å²) >= 11 is 0. The number of carbonyl (C=O) groups is 2. The van der Waals surface area contributed by atoms with Crippen LogP contribution in [0.15, 0.2) is 16.3 Å². The Balaban J connectivity index is 1.89. The van der Waals surface area contributed by atoms with Crippen molar-refractivity contribution in [2.45, 2.75) is 117 Å². The highest BCUT2D eigenvalue weighted by atomic mass is 16.6. The Kier molecular flexibility index (Phi) is 8.84. The smallest absolute Gasteiger partial charge is 0.309 e. The summed E-state index contributed by atoms with van der Waals surface area (Å²) in [6.07, 6.45) is 4.20. The first kappa shape index (κ1) is 28.5. The summed E-state index contributed by atoms with van der Waals surface area (Å²) in [4.78, 5) is 30.6. The predicted octanol–water partition coefficient (Wildman–Crippen LogP) is 4.40. The van der Waals surface area contributed by atoms with Crippen LogP contribution >= 0.6 is 0 Å². The lowest BCUT2D eigenvalue weighted by Crippen LogP contribution is -2.45. The number of ketones is 1. The van der Waals surface area contributed by atoms with Gasteiger partial charge in [-0.1, -0.05) is 41.0 Å². The van der Waals surface area contributed by atoms with Crippen LogP contribution in [-0.4, -0.2) is 57.0 Å². The standard InChI is InChI=1S/C28H43NO7/c1-8-28-14-21(17(3)12-20-15-34-19(5)29-20)35-24(31)13-22(30)27(6,7)26(33)18(4)25(32)16(2)10-9-11-23(28)36-28/h12,15-16,18,21-23,25,30,32H,8-11,13-14H2,1-7H3/t16-,18+,21-,22-,23-,25-,28+/m0/s1. The molecule has 0 saturated carbocycles. The summed E-state index contributed by atoms with van der Waals surface area (Å²) in [5.74, 6) is -1.05. The third kappa shape index (κ3) is 6.26. The number of aliphatic hydroxyl groups is 2. The van der Waals surface area contributed by atoms with Crippen molar-refractivity contribution in [2.75, 3.05) is 0 Å². The van der Waals surface area contributed by atoms with E-state index in [1.807, 2.05) is 19.9 Å². The van der Waals surface area contributed by atoms with Crippen LogP contribution in [0.5, 0.6) is 0 Å². The van der Waals surface area contributed by atoms with Gasteiger partial charge in [-0.25, -0.2) is 4.98 Å². The molecule has 0 aliphatic carbocycles. The van der Waals surface area contributed by atoms with Crippen molar-refractivity contribution < 1.29 is 33.7 Å². The zero-order valence-electron chi connectivity index (χ0n) is 22.7. The van der Waals surface area contributed by atoms with E-state index >= 15 is 0 Å². The first-order valence-electron chi connectivity index (χ1n) is 13.2. The summed E-state index contributed by atoms with van der Waals surface area (Å²) in [6.45, 7) is 12.6. The van der Waals surface area contributed by atoms with Gasteiger partial charge in [0.2, 0.25) is 0 Å². The summed E-state index contributed by atoms with van der Waals surface area (Å²) in [7, 11) is 0. The molecular formula is C28H43NO7. The fourth-order valence-corrected chi connectivity index (χ4v) is 5.40. The number of cyclic esters (lactones) is 1. The van der Waals surface area contributed by atoms with Gasteiger partial charge >= 0.3 is 5.97 Å². The maximum Gasteiger partial charge on any atom is 0.309 e. The largest absolute Gasteiger partial charge is 0.458 e. The molecule has 3 heterocycles. The topological polar surface area (TPSA) is 122 Å². The third-order valence-electron chi connectivity index (χ3n) is 8.29. The van der Waals surface area contributed by atoms with E-state index in [0.717, 1.165) is 31.3 Å². The van der Waals surface area contributed by atoms with Crippen LogP contribution < -0.4 is 0 Å². The predicted molar refractivity (Wildman–Crippen MR) is 135 cm³/mol. The Bertz CT molecular complexity index is 967. The fourth-order valence-electron chi connectivity index (χ4n) is 5.40. The van der Waals surface area contributed by atoms with Gasteiger partial charge in [-0.2, -0.15) is 0 Å². The number of esters is 1. The molecule has 2 aliphatic heterocycles. The van der Waals surface area contributed by atoms with Gasteiger partial charge in [0, 0.05) is 19.3 Å².